The Kier molecular flexibility index (Phi) is 10.4. The SMILES string of the molecule is CCOC(=O)N1CCN(C(=O)C(CCC(=O)O)NC(=O)c2cc(NS(=O)(=O)CC)nc(-c3ccccc3)n2)CC1. The molecule has 1 saturated heterocycles. The molecule has 0 radical (unpaired) electrons. The van der Waals surface area contributed by atoms with E-state index in [0.717, 1.165) is 6.07 Å². The number of benzene rings is 1. The Bertz CT molecular complexity index is 1330. The highest BCUT2D eigenvalue weighted by Gasteiger charge is 2.31. The molecule has 2 heterocycles. The molecule has 0 aliphatic carbocycles. The van der Waals surface area contributed by atoms with Gasteiger partial charge < -0.3 is 25.0 Å². The second kappa shape index (κ2) is 13.7. The highest BCUT2D eigenvalue weighted by Crippen LogP contribution is 2.19. The van der Waals surface area contributed by atoms with E-state index in [-0.39, 0.29) is 68.7 Å². The first-order valence-electron chi connectivity index (χ1n) is 12.7. The van der Waals surface area contributed by atoms with Gasteiger partial charge in [-0.2, -0.15) is 0 Å². The number of carboxylic acids is 1. The monoisotopic (exact) mass is 576 g/mol. The number of sulfonamides is 1. The summed E-state index contributed by atoms with van der Waals surface area (Å²) >= 11 is 0. The summed E-state index contributed by atoms with van der Waals surface area (Å²) in [7, 11) is -3.73. The summed E-state index contributed by atoms with van der Waals surface area (Å²) < 4.78 is 31.7. The van der Waals surface area contributed by atoms with Gasteiger partial charge in [0.2, 0.25) is 15.9 Å². The summed E-state index contributed by atoms with van der Waals surface area (Å²) in [4.78, 5) is 61.3. The van der Waals surface area contributed by atoms with E-state index < -0.39 is 39.9 Å². The van der Waals surface area contributed by atoms with Gasteiger partial charge in [-0.15, -0.1) is 0 Å². The van der Waals surface area contributed by atoms with Gasteiger partial charge in [-0.25, -0.2) is 23.2 Å². The molecule has 1 aliphatic rings. The van der Waals surface area contributed by atoms with Crippen molar-refractivity contribution in [3.05, 3.63) is 42.1 Å². The van der Waals surface area contributed by atoms with Crippen molar-refractivity contribution < 1.29 is 37.4 Å². The summed E-state index contributed by atoms with van der Waals surface area (Å²) in [5.74, 6) is -2.76. The van der Waals surface area contributed by atoms with Gasteiger partial charge in [0.05, 0.1) is 12.4 Å². The van der Waals surface area contributed by atoms with Gasteiger partial charge in [-0.05, 0) is 20.3 Å². The fourth-order valence-electron chi connectivity index (χ4n) is 3.87. The Hall–Kier alpha value is -4.27. The summed E-state index contributed by atoms with van der Waals surface area (Å²) in [5.41, 5.74) is 0.301. The van der Waals surface area contributed by atoms with Gasteiger partial charge in [0, 0.05) is 44.2 Å². The highest BCUT2D eigenvalue weighted by atomic mass is 32.2. The number of carboxylic acid groups (broad SMARTS) is 1. The fraction of sp³-hybridized carbons (Fsp3) is 0.440. The Morgan fingerprint density at radius 2 is 1.68 bits per heavy atom. The minimum Gasteiger partial charge on any atom is -0.481 e. The molecule has 3 rings (SSSR count). The Morgan fingerprint density at radius 3 is 2.27 bits per heavy atom. The Labute approximate surface area is 231 Å². The van der Waals surface area contributed by atoms with Crippen molar-refractivity contribution in [3.8, 4) is 11.4 Å². The van der Waals surface area contributed by atoms with Gasteiger partial charge in [0.15, 0.2) is 5.82 Å². The summed E-state index contributed by atoms with van der Waals surface area (Å²) in [6, 6.07) is 8.53. The van der Waals surface area contributed by atoms with Crippen LogP contribution in [0.1, 0.15) is 37.2 Å². The quantitative estimate of drug-likeness (QED) is 0.350. The number of ether oxygens (including phenoxy) is 1. The Morgan fingerprint density at radius 1 is 1.02 bits per heavy atom. The number of anilines is 1. The van der Waals surface area contributed by atoms with Gasteiger partial charge in [-0.3, -0.25) is 19.1 Å². The molecular formula is C25H32N6O8S. The molecule has 14 nitrogen and oxygen atoms in total. The van der Waals surface area contributed by atoms with Crippen molar-refractivity contribution in [2.24, 2.45) is 0 Å². The zero-order valence-electron chi connectivity index (χ0n) is 22.2. The number of aliphatic carboxylic acids is 1. The van der Waals surface area contributed by atoms with E-state index in [4.69, 9.17) is 4.74 Å². The molecule has 1 atom stereocenters. The molecule has 3 amide bonds. The molecule has 216 valence electrons. The first-order valence-corrected chi connectivity index (χ1v) is 14.4. The number of hydrogen-bond acceptors (Lipinski definition) is 9. The first-order chi connectivity index (χ1) is 19.0. The molecule has 0 bridgehead atoms. The minimum atomic E-state index is -3.73. The molecule has 0 spiro atoms. The van der Waals surface area contributed by atoms with Crippen LogP contribution in [0.3, 0.4) is 0 Å². The van der Waals surface area contributed by atoms with E-state index in [1.165, 1.54) is 16.7 Å². The van der Waals surface area contributed by atoms with Crippen LogP contribution in [0.2, 0.25) is 0 Å². The number of piperazine rings is 1. The fourth-order valence-corrected chi connectivity index (χ4v) is 4.43. The average Bonchev–Trinajstić information content (AvgIpc) is 2.95. The van der Waals surface area contributed by atoms with Crippen LogP contribution in [0.4, 0.5) is 10.6 Å². The minimum absolute atomic E-state index is 0.0746. The van der Waals surface area contributed by atoms with Gasteiger partial charge in [-0.1, -0.05) is 30.3 Å². The van der Waals surface area contributed by atoms with Gasteiger partial charge >= 0.3 is 12.1 Å². The van der Waals surface area contributed by atoms with Crippen LogP contribution in [0.15, 0.2) is 36.4 Å². The summed E-state index contributed by atoms with van der Waals surface area (Å²) in [6.07, 6.45) is -1.07. The van der Waals surface area contributed by atoms with Crippen LogP contribution in [-0.2, 0) is 24.3 Å². The Balaban J connectivity index is 1.84. The third-order valence-corrected chi connectivity index (χ3v) is 7.28. The van der Waals surface area contributed by atoms with Crippen LogP contribution in [0.25, 0.3) is 11.4 Å². The van der Waals surface area contributed by atoms with E-state index in [0.29, 0.717) is 5.56 Å². The van der Waals surface area contributed by atoms with E-state index in [9.17, 15) is 32.7 Å². The van der Waals surface area contributed by atoms with E-state index in [1.54, 1.807) is 37.3 Å². The molecule has 1 aliphatic heterocycles. The maximum Gasteiger partial charge on any atom is 0.409 e. The van der Waals surface area contributed by atoms with Crippen molar-refractivity contribution >= 4 is 39.7 Å². The van der Waals surface area contributed by atoms with Crippen LogP contribution < -0.4 is 10.0 Å². The maximum absolute atomic E-state index is 13.3. The van der Waals surface area contributed by atoms with Crippen LogP contribution >= 0.6 is 0 Å². The predicted molar refractivity (Wildman–Crippen MR) is 144 cm³/mol. The lowest BCUT2D eigenvalue weighted by molar-refractivity contribution is -0.138. The standard InChI is InChI=1S/C25H32N6O8S/c1-3-39-25(36)31-14-12-30(13-15-31)24(35)18(10-11-21(32)33)27-23(34)19-16-20(29-40(37,38)4-2)28-22(26-19)17-8-6-5-7-9-17/h5-9,16,18H,3-4,10-15H2,1-2H3,(H,27,34)(H,32,33)(H,26,28,29). The lowest BCUT2D eigenvalue weighted by atomic mass is 10.1. The maximum atomic E-state index is 13.3. The third kappa shape index (κ3) is 8.36. The van der Waals surface area contributed by atoms with Crippen molar-refractivity contribution in [2.45, 2.75) is 32.7 Å². The number of nitrogens with zero attached hydrogens (tertiary/aromatic N) is 4. The predicted octanol–water partition coefficient (Wildman–Crippen LogP) is 1.17. The topological polar surface area (TPSA) is 188 Å². The molecule has 1 unspecified atom stereocenters. The van der Waals surface area contributed by atoms with Gasteiger partial charge in [0.1, 0.15) is 17.6 Å². The molecule has 15 heteroatoms. The lowest BCUT2D eigenvalue weighted by Gasteiger charge is -2.35. The molecule has 3 N–H and O–H groups in total. The number of amides is 3. The molecule has 2 aromatic rings. The smallest absolute Gasteiger partial charge is 0.409 e. The first kappa shape index (κ1) is 30.3. The van der Waals surface area contributed by atoms with Crippen molar-refractivity contribution in [1.29, 1.82) is 0 Å². The van der Waals surface area contributed by atoms with E-state index in [2.05, 4.69) is 20.0 Å². The number of rotatable bonds is 11. The summed E-state index contributed by atoms with van der Waals surface area (Å²) in [6.45, 7) is 4.14. The highest BCUT2D eigenvalue weighted by molar-refractivity contribution is 7.92. The van der Waals surface area contributed by atoms with Gasteiger partial charge in [0.25, 0.3) is 5.91 Å². The average molecular weight is 577 g/mol. The second-order valence-corrected chi connectivity index (χ2v) is 10.8. The normalized spacial score (nSPS) is 14.2. The summed E-state index contributed by atoms with van der Waals surface area (Å²) in [5, 5.41) is 11.8. The number of aromatic nitrogens is 2. The number of carbonyl (C=O) groups excluding carboxylic acids is 3. The third-order valence-electron chi connectivity index (χ3n) is 6.00. The van der Waals surface area contributed by atoms with Crippen molar-refractivity contribution in [2.75, 3.05) is 43.3 Å². The van der Waals surface area contributed by atoms with E-state index >= 15 is 0 Å². The number of nitrogens with one attached hydrogen (secondary N) is 2. The number of carbonyl (C=O) groups is 4. The molecule has 40 heavy (non-hydrogen) atoms. The van der Waals surface area contributed by atoms with Crippen LogP contribution in [0.5, 0.6) is 0 Å². The molecular weight excluding hydrogens is 544 g/mol. The molecule has 1 aromatic heterocycles. The largest absolute Gasteiger partial charge is 0.481 e. The van der Waals surface area contributed by atoms with Crippen LogP contribution in [-0.4, -0.2) is 102 Å². The molecule has 0 saturated carbocycles. The van der Waals surface area contributed by atoms with Crippen molar-refractivity contribution in [1.82, 2.24) is 25.1 Å². The van der Waals surface area contributed by atoms with E-state index in [1.807, 2.05) is 0 Å². The van der Waals surface area contributed by atoms with Crippen LogP contribution in [0, 0.1) is 0 Å². The zero-order chi connectivity index (χ0) is 29.3. The molecule has 1 aromatic carbocycles. The number of hydrogen-bond donors (Lipinski definition) is 3. The second-order valence-electron chi connectivity index (χ2n) is 8.80. The zero-order valence-corrected chi connectivity index (χ0v) is 23.0. The lowest BCUT2D eigenvalue weighted by Crippen LogP contribution is -2.56. The molecule has 1 fully saturated rings. The van der Waals surface area contributed by atoms with Crippen molar-refractivity contribution in [3.63, 3.8) is 0 Å².